The van der Waals surface area contributed by atoms with Gasteiger partial charge in [-0.25, -0.2) is 0 Å². The Morgan fingerprint density at radius 2 is 2.10 bits per heavy atom. The van der Waals surface area contributed by atoms with Crippen molar-refractivity contribution in [3.8, 4) is 0 Å². The molecule has 1 aromatic heterocycles. The van der Waals surface area contributed by atoms with E-state index in [1.165, 1.54) is 10.4 Å². The summed E-state index contributed by atoms with van der Waals surface area (Å²) in [7, 11) is 0. The van der Waals surface area contributed by atoms with Crippen LogP contribution in [-0.4, -0.2) is 44.7 Å². The number of carboxylic acids is 1. The van der Waals surface area contributed by atoms with Gasteiger partial charge in [-0.05, 0) is 72.5 Å². The summed E-state index contributed by atoms with van der Waals surface area (Å²) < 4.78 is 1.12. The molecule has 1 fully saturated rings. The van der Waals surface area contributed by atoms with Gasteiger partial charge in [0.1, 0.15) is 0 Å². The highest BCUT2D eigenvalue weighted by atomic mass is 79.9. The van der Waals surface area contributed by atoms with Crippen LogP contribution in [0, 0.1) is 18.8 Å². The van der Waals surface area contributed by atoms with Crippen molar-refractivity contribution < 1.29 is 25.2 Å². The number of carbonyl (C=O) groups is 1. The van der Waals surface area contributed by atoms with Gasteiger partial charge in [-0.2, -0.15) is 0 Å². The minimum atomic E-state index is -0.793. The average Bonchev–Trinajstić information content (AvgIpc) is 3.11. The maximum absolute atomic E-state index is 10.5. The number of aliphatic hydroxyl groups is 3. The monoisotopic (exact) mass is 486 g/mol. The van der Waals surface area contributed by atoms with E-state index in [0.717, 1.165) is 10.2 Å². The van der Waals surface area contributed by atoms with Crippen LogP contribution in [0.4, 0.5) is 0 Å². The Hall–Kier alpha value is -0.990. The second-order valence-electron chi connectivity index (χ2n) is 7.77. The minimum absolute atomic E-state index is 0.0972. The first-order valence-corrected chi connectivity index (χ1v) is 11.7. The molecule has 0 saturated heterocycles. The molecule has 4 N–H and O–H groups in total. The molecule has 0 amide bonds. The molecule has 0 spiro atoms. The van der Waals surface area contributed by atoms with Gasteiger partial charge >= 0.3 is 5.97 Å². The van der Waals surface area contributed by atoms with Crippen LogP contribution >= 0.6 is 27.3 Å². The summed E-state index contributed by atoms with van der Waals surface area (Å²) in [5, 5.41) is 39.5. The Balaban J connectivity index is 1.83. The SMILES string of the molecule is Cc1cc(CC[C@H](O)/C=C/[C@@H]2[C@@H](C/C=C\CCCC(=O)O)[C@@H](O)C[C@H]2O)sc1Br. The van der Waals surface area contributed by atoms with Crippen LogP contribution in [0.1, 0.15) is 49.0 Å². The zero-order valence-corrected chi connectivity index (χ0v) is 19.1. The molecule has 1 aliphatic rings. The molecule has 1 aromatic rings. The Kier molecular flexibility index (Phi) is 10.1. The van der Waals surface area contributed by atoms with Crippen molar-refractivity contribution in [3.05, 3.63) is 44.6 Å². The maximum atomic E-state index is 10.5. The van der Waals surface area contributed by atoms with Crippen LogP contribution in [0.25, 0.3) is 0 Å². The van der Waals surface area contributed by atoms with Crippen LogP contribution in [0.2, 0.25) is 0 Å². The zero-order chi connectivity index (χ0) is 21.4. The summed E-state index contributed by atoms with van der Waals surface area (Å²) in [5.74, 6) is -1.08. The molecule has 1 heterocycles. The fraction of sp³-hybridized carbons (Fsp3) is 0.591. The van der Waals surface area contributed by atoms with E-state index in [4.69, 9.17) is 5.11 Å². The Bertz CT molecular complexity index is 695. The normalized spacial score (nSPS) is 26.0. The number of allylic oxidation sites excluding steroid dienone is 2. The molecule has 0 radical (unpaired) electrons. The average molecular weight is 487 g/mol. The number of unbranched alkanes of at least 4 members (excludes halogenated alkanes) is 1. The van der Waals surface area contributed by atoms with Crippen molar-refractivity contribution in [2.75, 3.05) is 0 Å². The predicted octanol–water partition coefficient (Wildman–Crippen LogP) is 4.23. The van der Waals surface area contributed by atoms with Crippen molar-refractivity contribution in [2.45, 2.75) is 70.2 Å². The molecule has 1 aliphatic carbocycles. The molecule has 5 atom stereocenters. The summed E-state index contributed by atoms with van der Waals surface area (Å²) in [6.45, 7) is 2.05. The molecule has 0 aromatic carbocycles. The van der Waals surface area contributed by atoms with Crippen molar-refractivity contribution >= 4 is 33.2 Å². The number of halogens is 1. The Morgan fingerprint density at radius 1 is 1.34 bits per heavy atom. The van der Waals surface area contributed by atoms with Gasteiger partial charge in [0.15, 0.2) is 0 Å². The molecule has 0 bridgehead atoms. The largest absolute Gasteiger partial charge is 0.481 e. The van der Waals surface area contributed by atoms with Crippen molar-refractivity contribution in [3.63, 3.8) is 0 Å². The lowest BCUT2D eigenvalue weighted by molar-refractivity contribution is -0.137. The number of aliphatic hydroxyl groups excluding tert-OH is 3. The number of hydrogen-bond donors (Lipinski definition) is 4. The van der Waals surface area contributed by atoms with E-state index in [1.54, 1.807) is 17.4 Å². The van der Waals surface area contributed by atoms with E-state index < -0.39 is 24.3 Å². The summed E-state index contributed by atoms with van der Waals surface area (Å²) >= 11 is 5.20. The van der Waals surface area contributed by atoms with Crippen LogP contribution in [-0.2, 0) is 11.2 Å². The molecule has 5 nitrogen and oxygen atoms in total. The predicted molar refractivity (Wildman–Crippen MR) is 119 cm³/mol. The molecule has 1 saturated carbocycles. The zero-order valence-electron chi connectivity index (χ0n) is 16.7. The lowest BCUT2D eigenvalue weighted by atomic mass is 9.89. The van der Waals surface area contributed by atoms with Gasteiger partial charge in [0, 0.05) is 23.6 Å². The number of thiophene rings is 1. The van der Waals surface area contributed by atoms with E-state index in [2.05, 4.69) is 22.0 Å². The van der Waals surface area contributed by atoms with Gasteiger partial charge in [-0.15, -0.1) is 11.3 Å². The minimum Gasteiger partial charge on any atom is -0.481 e. The summed E-state index contributed by atoms with van der Waals surface area (Å²) in [6.07, 6.45) is 9.52. The van der Waals surface area contributed by atoms with E-state index in [0.29, 0.717) is 32.1 Å². The molecule has 0 unspecified atom stereocenters. The van der Waals surface area contributed by atoms with Crippen molar-refractivity contribution in [1.29, 1.82) is 0 Å². The molecule has 2 rings (SSSR count). The van der Waals surface area contributed by atoms with Gasteiger partial charge in [0.2, 0.25) is 0 Å². The topological polar surface area (TPSA) is 98.0 Å². The quantitative estimate of drug-likeness (QED) is 0.277. The van der Waals surface area contributed by atoms with Crippen LogP contribution < -0.4 is 0 Å². The maximum Gasteiger partial charge on any atom is 0.303 e. The highest BCUT2D eigenvalue weighted by Gasteiger charge is 2.39. The third-order valence-corrected chi connectivity index (χ3v) is 7.60. The standard InChI is InChI=1S/C22H31BrO5S/c1-14-12-16(29-22(14)23)10-8-15(24)9-11-18-17(19(25)13-20(18)26)6-4-2-3-5-7-21(27)28/h2,4,9,11-12,15,17-20,24-26H,3,5-8,10,13H2,1H3,(H,27,28)/b4-2-,11-9+/t15-,17+,18+,19-,20+/m0/s1. The third kappa shape index (κ3) is 7.98. The van der Waals surface area contributed by atoms with Crippen LogP contribution in [0.3, 0.4) is 0 Å². The highest BCUT2D eigenvalue weighted by molar-refractivity contribution is 9.11. The Morgan fingerprint density at radius 3 is 2.76 bits per heavy atom. The number of carboxylic acid groups (broad SMARTS) is 1. The lowest BCUT2D eigenvalue weighted by Gasteiger charge is -2.19. The van der Waals surface area contributed by atoms with Crippen molar-refractivity contribution in [1.82, 2.24) is 0 Å². The summed E-state index contributed by atoms with van der Waals surface area (Å²) in [4.78, 5) is 11.7. The molecule has 0 aliphatic heterocycles. The molecule has 29 heavy (non-hydrogen) atoms. The number of aliphatic carboxylic acids is 1. The van der Waals surface area contributed by atoms with Gasteiger partial charge in [0.05, 0.1) is 22.1 Å². The van der Waals surface area contributed by atoms with E-state index in [-0.39, 0.29) is 18.3 Å². The molecular weight excluding hydrogens is 456 g/mol. The Labute approximate surface area is 184 Å². The first-order valence-electron chi connectivity index (χ1n) is 10.1. The lowest BCUT2D eigenvalue weighted by Crippen LogP contribution is -2.20. The van der Waals surface area contributed by atoms with Gasteiger partial charge in [-0.3, -0.25) is 4.79 Å². The second-order valence-corrected chi connectivity index (χ2v) is 10.2. The summed E-state index contributed by atoms with van der Waals surface area (Å²) in [5.41, 5.74) is 1.21. The number of aryl methyl sites for hydroxylation is 2. The van der Waals surface area contributed by atoms with Gasteiger partial charge in [-0.1, -0.05) is 24.3 Å². The second kappa shape index (κ2) is 12.0. The first kappa shape index (κ1) is 24.3. The number of rotatable bonds is 11. The van der Waals surface area contributed by atoms with Crippen LogP contribution in [0.5, 0.6) is 0 Å². The van der Waals surface area contributed by atoms with Crippen LogP contribution in [0.15, 0.2) is 34.2 Å². The first-order chi connectivity index (χ1) is 13.8. The van der Waals surface area contributed by atoms with E-state index in [1.807, 2.05) is 25.2 Å². The third-order valence-electron chi connectivity index (χ3n) is 5.40. The fourth-order valence-electron chi connectivity index (χ4n) is 3.74. The van der Waals surface area contributed by atoms with Gasteiger partial charge in [0.25, 0.3) is 0 Å². The summed E-state index contributed by atoms with van der Waals surface area (Å²) in [6, 6.07) is 2.13. The van der Waals surface area contributed by atoms with E-state index >= 15 is 0 Å². The smallest absolute Gasteiger partial charge is 0.303 e. The molecule has 7 heteroatoms. The molecule has 162 valence electrons. The fourth-order valence-corrected chi connectivity index (χ4v) is 5.38. The highest BCUT2D eigenvalue weighted by Crippen LogP contribution is 2.36. The van der Waals surface area contributed by atoms with Crippen molar-refractivity contribution in [2.24, 2.45) is 11.8 Å². The van der Waals surface area contributed by atoms with E-state index in [9.17, 15) is 20.1 Å². The molecular formula is C22H31BrO5S. The number of hydrogen-bond acceptors (Lipinski definition) is 5. The van der Waals surface area contributed by atoms with Gasteiger partial charge < -0.3 is 20.4 Å².